The van der Waals surface area contributed by atoms with Crippen LogP contribution in [-0.4, -0.2) is 61.3 Å². The lowest BCUT2D eigenvalue weighted by Crippen LogP contribution is -2.52. The lowest BCUT2D eigenvalue weighted by atomic mass is 9.95. The Kier molecular flexibility index (Phi) is 3.50. The highest BCUT2D eigenvalue weighted by molar-refractivity contribution is 4.83. The van der Waals surface area contributed by atoms with E-state index < -0.39 is 0 Å². The minimum atomic E-state index is -0.124. The molecular formula is C9H20N2O. The first-order valence-electron chi connectivity index (χ1n) is 4.64. The average Bonchev–Trinajstić information content (AvgIpc) is 1.82. The summed E-state index contributed by atoms with van der Waals surface area (Å²) < 4.78 is 0. The van der Waals surface area contributed by atoms with Crippen LogP contribution < -0.4 is 0 Å². The summed E-state index contributed by atoms with van der Waals surface area (Å²) in [6.45, 7) is 6.29. The topological polar surface area (TPSA) is 26.7 Å². The number of rotatable bonds is 4. The molecule has 1 atom stereocenters. The van der Waals surface area contributed by atoms with Gasteiger partial charge in [-0.2, -0.15) is 0 Å². The predicted octanol–water partition coefficient (Wildman–Crippen LogP) is -0.139. The van der Waals surface area contributed by atoms with Gasteiger partial charge in [-0.1, -0.05) is 0 Å². The number of likely N-dealkylation sites (N-methyl/N-ethyl adjacent to an activating group) is 1. The van der Waals surface area contributed by atoms with E-state index in [-0.39, 0.29) is 6.10 Å². The normalized spacial score (nSPS) is 22.8. The highest BCUT2D eigenvalue weighted by Gasteiger charge is 2.29. The maximum absolute atomic E-state index is 9.23. The van der Waals surface area contributed by atoms with Crippen LogP contribution in [0.3, 0.4) is 0 Å². The van der Waals surface area contributed by atoms with Crippen molar-refractivity contribution in [3.63, 3.8) is 0 Å². The van der Waals surface area contributed by atoms with Crippen LogP contribution in [0, 0.1) is 5.92 Å². The van der Waals surface area contributed by atoms with Gasteiger partial charge in [0.15, 0.2) is 0 Å². The second kappa shape index (κ2) is 4.21. The fourth-order valence-corrected chi connectivity index (χ4v) is 1.44. The van der Waals surface area contributed by atoms with E-state index in [4.69, 9.17) is 0 Å². The van der Waals surface area contributed by atoms with Crippen LogP contribution in [0.15, 0.2) is 0 Å². The van der Waals surface area contributed by atoms with Gasteiger partial charge >= 0.3 is 0 Å². The number of hydrogen-bond acceptors (Lipinski definition) is 3. The van der Waals surface area contributed by atoms with Gasteiger partial charge in [-0.05, 0) is 21.0 Å². The van der Waals surface area contributed by atoms with E-state index in [0.717, 1.165) is 26.2 Å². The van der Waals surface area contributed by atoms with Crippen LogP contribution in [0.1, 0.15) is 6.92 Å². The molecule has 0 saturated carbocycles. The monoisotopic (exact) mass is 172 g/mol. The van der Waals surface area contributed by atoms with Crippen molar-refractivity contribution in [1.82, 2.24) is 9.80 Å². The van der Waals surface area contributed by atoms with Crippen molar-refractivity contribution in [2.24, 2.45) is 5.92 Å². The molecule has 1 rings (SSSR count). The van der Waals surface area contributed by atoms with E-state index in [1.54, 1.807) is 0 Å². The first kappa shape index (κ1) is 9.96. The molecule has 1 aliphatic heterocycles. The molecule has 12 heavy (non-hydrogen) atoms. The fraction of sp³-hybridized carbons (Fsp3) is 1.00. The second-order valence-electron chi connectivity index (χ2n) is 4.06. The van der Waals surface area contributed by atoms with Crippen LogP contribution >= 0.6 is 0 Å². The zero-order chi connectivity index (χ0) is 9.14. The highest BCUT2D eigenvalue weighted by atomic mass is 16.3. The lowest BCUT2D eigenvalue weighted by molar-refractivity contribution is 0.00342. The summed E-state index contributed by atoms with van der Waals surface area (Å²) in [5, 5.41) is 9.23. The zero-order valence-corrected chi connectivity index (χ0v) is 8.32. The largest absolute Gasteiger partial charge is 0.393 e. The molecular weight excluding hydrogens is 152 g/mol. The number of hydrogen-bond donors (Lipinski definition) is 1. The molecule has 0 aromatic rings. The quantitative estimate of drug-likeness (QED) is 0.639. The van der Waals surface area contributed by atoms with E-state index in [2.05, 4.69) is 23.9 Å². The lowest BCUT2D eigenvalue weighted by Gasteiger charge is -2.41. The van der Waals surface area contributed by atoms with Crippen LogP contribution in [0.5, 0.6) is 0 Å². The molecule has 0 bridgehead atoms. The van der Waals surface area contributed by atoms with E-state index in [1.165, 1.54) is 0 Å². The van der Waals surface area contributed by atoms with Crippen molar-refractivity contribution in [3.8, 4) is 0 Å². The molecule has 0 aromatic heterocycles. The van der Waals surface area contributed by atoms with Crippen LogP contribution in [0.25, 0.3) is 0 Å². The van der Waals surface area contributed by atoms with Crippen molar-refractivity contribution in [1.29, 1.82) is 0 Å². The van der Waals surface area contributed by atoms with Crippen molar-refractivity contribution in [2.75, 3.05) is 40.3 Å². The number of likely N-dealkylation sites (tertiary alicyclic amines) is 1. The Labute approximate surface area is 75.0 Å². The second-order valence-corrected chi connectivity index (χ2v) is 4.06. The van der Waals surface area contributed by atoms with Gasteiger partial charge in [-0.15, -0.1) is 0 Å². The van der Waals surface area contributed by atoms with Gasteiger partial charge in [0.1, 0.15) is 0 Å². The van der Waals surface area contributed by atoms with Gasteiger partial charge in [-0.3, -0.25) is 0 Å². The van der Waals surface area contributed by atoms with Gasteiger partial charge in [0, 0.05) is 32.1 Å². The third-order valence-electron chi connectivity index (χ3n) is 2.53. The Morgan fingerprint density at radius 1 is 1.50 bits per heavy atom. The molecule has 1 N–H and O–H groups in total. The molecule has 1 unspecified atom stereocenters. The SMILES string of the molecule is CC(O)C1CN(CCN(C)C)C1. The summed E-state index contributed by atoms with van der Waals surface area (Å²) in [6, 6.07) is 0. The minimum absolute atomic E-state index is 0.124. The summed E-state index contributed by atoms with van der Waals surface area (Å²) in [4.78, 5) is 4.58. The van der Waals surface area contributed by atoms with Gasteiger partial charge in [-0.25, -0.2) is 0 Å². The van der Waals surface area contributed by atoms with Gasteiger partial charge in [0.05, 0.1) is 6.10 Å². The molecule has 1 saturated heterocycles. The molecule has 0 spiro atoms. The Hall–Kier alpha value is -0.120. The molecule has 1 heterocycles. The Morgan fingerprint density at radius 3 is 2.50 bits per heavy atom. The van der Waals surface area contributed by atoms with Crippen LogP contribution in [-0.2, 0) is 0 Å². The molecule has 0 amide bonds. The predicted molar refractivity (Wildman–Crippen MR) is 50.2 cm³/mol. The molecule has 3 nitrogen and oxygen atoms in total. The molecule has 0 radical (unpaired) electrons. The van der Waals surface area contributed by atoms with Crippen LogP contribution in [0.4, 0.5) is 0 Å². The van der Waals surface area contributed by atoms with Crippen LogP contribution in [0.2, 0.25) is 0 Å². The van der Waals surface area contributed by atoms with E-state index in [9.17, 15) is 5.11 Å². The number of nitrogens with zero attached hydrogens (tertiary/aromatic N) is 2. The maximum atomic E-state index is 9.23. The van der Waals surface area contributed by atoms with Gasteiger partial charge in [0.25, 0.3) is 0 Å². The molecule has 1 fully saturated rings. The van der Waals surface area contributed by atoms with Gasteiger partial charge < -0.3 is 14.9 Å². The number of aliphatic hydroxyl groups excluding tert-OH is 1. The van der Waals surface area contributed by atoms with Crippen molar-refractivity contribution in [2.45, 2.75) is 13.0 Å². The summed E-state index contributed by atoms with van der Waals surface area (Å²) in [5.41, 5.74) is 0. The Balaban J connectivity index is 2.02. The highest BCUT2D eigenvalue weighted by Crippen LogP contribution is 2.18. The van der Waals surface area contributed by atoms with Crippen molar-refractivity contribution < 1.29 is 5.11 Å². The number of aliphatic hydroxyl groups is 1. The minimum Gasteiger partial charge on any atom is -0.393 e. The average molecular weight is 172 g/mol. The summed E-state index contributed by atoms with van der Waals surface area (Å²) >= 11 is 0. The maximum Gasteiger partial charge on any atom is 0.0564 e. The third kappa shape index (κ3) is 2.73. The smallest absolute Gasteiger partial charge is 0.0564 e. The summed E-state index contributed by atoms with van der Waals surface area (Å²) in [7, 11) is 4.18. The zero-order valence-electron chi connectivity index (χ0n) is 8.32. The summed E-state index contributed by atoms with van der Waals surface area (Å²) in [6.07, 6.45) is -0.124. The standard InChI is InChI=1S/C9H20N2O/c1-8(12)9-6-11(7-9)5-4-10(2)3/h8-9,12H,4-7H2,1-3H3. The van der Waals surface area contributed by atoms with Crippen molar-refractivity contribution in [3.05, 3.63) is 0 Å². The Bertz CT molecular complexity index is 128. The van der Waals surface area contributed by atoms with Crippen molar-refractivity contribution >= 4 is 0 Å². The first-order valence-corrected chi connectivity index (χ1v) is 4.64. The van der Waals surface area contributed by atoms with E-state index >= 15 is 0 Å². The van der Waals surface area contributed by atoms with E-state index in [0.29, 0.717) is 5.92 Å². The summed E-state index contributed by atoms with van der Waals surface area (Å²) in [5.74, 6) is 0.521. The molecule has 0 aliphatic carbocycles. The third-order valence-corrected chi connectivity index (χ3v) is 2.53. The van der Waals surface area contributed by atoms with Gasteiger partial charge in [0.2, 0.25) is 0 Å². The molecule has 72 valence electrons. The first-order chi connectivity index (χ1) is 5.59. The molecule has 0 aromatic carbocycles. The fourth-order valence-electron chi connectivity index (χ4n) is 1.44. The molecule has 3 heteroatoms. The molecule has 1 aliphatic rings. The van der Waals surface area contributed by atoms with E-state index in [1.807, 2.05) is 6.92 Å². The Morgan fingerprint density at radius 2 is 2.08 bits per heavy atom.